The first kappa shape index (κ1) is 35.6. The number of aliphatic hydroxyl groups is 1. The molecule has 4 atom stereocenters. The number of hydrogen-bond acceptors (Lipinski definition) is 8. The monoisotopic (exact) mass is 671 g/mol. The van der Waals surface area contributed by atoms with E-state index in [4.69, 9.17) is 9.47 Å². The fourth-order valence-corrected chi connectivity index (χ4v) is 7.75. The minimum absolute atomic E-state index is 0.102. The Hall–Kier alpha value is -3.29. The van der Waals surface area contributed by atoms with Crippen LogP contribution < -0.4 is 10.1 Å². The summed E-state index contributed by atoms with van der Waals surface area (Å²) in [6.07, 6.45) is 1.76. The molecule has 0 spiro atoms. The van der Waals surface area contributed by atoms with Crippen molar-refractivity contribution in [3.8, 4) is 5.75 Å². The van der Waals surface area contributed by atoms with E-state index in [0.29, 0.717) is 18.0 Å². The summed E-state index contributed by atoms with van der Waals surface area (Å²) in [7, 11) is -2.17. The fraction of sp³-hybridized carbons (Fsp3) is 0.471. The minimum Gasteiger partial charge on any atom is -0.490 e. The Labute approximate surface area is 276 Å². The predicted octanol–water partition coefficient (Wildman–Crippen LogP) is 5.05. The standard InChI is InChI=1S/C34H45N3O7S2/c1-24-21-37(25(2)23-38)34(40)29-20-28(35-32(39)19-27-12-6-5-7-13-27)15-16-30(29)44-26(3)11-8-9-17-43-31(24)22-36(4)46(41,42)33-14-10-18-45-33/h5-7,10,12-16,18,20,24-26,31,38H,8-9,11,17,19,21-23H2,1-4H3,(H,35,39)/t24-,25+,26+,31-/m1/s1. The molecule has 2 amide bonds. The van der Waals surface area contributed by atoms with Crippen molar-refractivity contribution in [1.82, 2.24) is 9.21 Å². The number of hydrogen-bond donors (Lipinski definition) is 2. The molecule has 0 saturated heterocycles. The Balaban J connectivity index is 1.62. The lowest BCUT2D eigenvalue weighted by Crippen LogP contribution is -2.48. The highest BCUT2D eigenvalue weighted by Crippen LogP contribution is 2.29. The van der Waals surface area contributed by atoms with E-state index < -0.39 is 22.2 Å². The first-order chi connectivity index (χ1) is 22.0. The van der Waals surface area contributed by atoms with Crippen LogP contribution >= 0.6 is 11.3 Å². The van der Waals surface area contributed by atoms with Crippen LogP contribution in [-0.4, -0.2) is 86.1 Å². The van der Waals surface area contributed by atoms with E-state index >= 15 is 0 Å². The maximum absolute atomic E-state index is 14.3. The molecular weight excluding hydrogens is 627 g/mol. The number of fused-ring (bicyclic) bond motifs is 1. The third-order valence-electron chi connectivity index (χ3n) is 8.14. The van der Waals surface area contributed by atoms with Gasteiger partial charge in [-0.25, -0.2) is 8.42 Å². The molecule has 0 radical (unpaired) electrons. The van der Waals surface area contributed by atoms with Crippen LogP contribution in [0, 0.1) is 5.92 Å². The third kappa shape index (κ3) is 9.38. The van der Waals surface area contributed by atoms with Gasteiger partial charge in [-0.05, 0) is 68.3 Å². The summed E-state index contributed by atoms with van der Waals surface area (Å²) in [5, 5.41) is 14.8. The molecule has 0 unspecified atom stereocenters. The molecule has 0 bridgehead atoms. The first-order valence-electron chi connectivity index (χ1n) is 15.7. The normalized spacial score (nSPS) is 20.8. The topological polar surface area (TPSA) is 125 Å². The summed E-state index contributed by atoms with van der Waals surface area (Å²) in [4.78, 5) is 28.7. The summed E-state index contributed by atoms with van der Waals surface area (Å²) in [5.41, 5.74) is 1.59. The van der Waals surface area contributed by atoms with Crippen LogP contribution in [0.15, 0.2) is 70.3 Å². The van der Waals surface area contributed by atoms with E-state index in [0.717, 1.165) is 36.2 Å². The number of sulfonamides is 1. The van der Waals surface area contributed by atoms with E-state index in [1.54, 1.807) is 54.6 Å². The van der Waals surface area contributed by atoms with Crippen molar-refractivity contribution in [3.63, 3.8) is 0 Å². The van der Waals surface area contributed by atoms with E-state index in [2.05, 4.69) is 5.32 Å². The van der Waals surface area contributed by atoms with Gasteiger partial charge in [-0.2, -0.15) is 4.31 Å². The van der Waals surface area contributed by atoms with Crippen LogP contribution in [-0.2, 0) is 26.0 Å². The largest absolute Gasteiger partial charge is 0.490 e. The molecule has 0 saturated carbocycles. The van der Waals surface area contributed by atoms with E-state index in [1.807, 2.05) is 44.2 Å². The quantitative estimate of drug-likeness (QED) is 0.326. The molecule has 2 heterocycles. The van der Waals surface area contributed by atoms with Crippen LogP contribution in [0.2, 0.25) is 0 Å². The molecule has 0 fully saturated rings. The van der Waals surface area contributed by atoms with Gasteiger partial charge in [0.25, 0.3) is 15.9 Å². The zero-order chi connectivity index (χ0) is 33.3. The number of amides is 2. The molecule has 46 heavy (non-hydrogen) atoms. The minimum atomic E-state index is -3.71. The number of thiophene rings is 1. The number of ether oxygens (including phenoxy) is 2. The summed E-state index contributed by atoms with van der Waals surface area (Å²) in [6.45, 7) is 6.07. The van der Waals surface area contributed by atoms with Gasteiger partial charge in [-0.1, -0.05) is 43.3 Å². The fourth-order valence-electron chi connectivity index (χ4n) is 5.36. The van der Waals surface area contributed by atoms with Crippen molar-refractivity contribution >= 4 is 38.9 Å². The van der Waals surface area contributed by atoms with Gasteiger partial charge >= 0.3 is 0 Å². The number of nitrogens with zero attached hydrogens (tertiary/aromatic N) is 2. The molecule has 250 valence electrons. The van der Waals surface area contributed by atoms with Crippen molar-refractivity contribution in [2.24, 2.45) is 5.92 Å². The second-order valence-electron chi connectivity index (χ2n) is 11.9. The van der Waals surface area contributed by atoms with E-state index in [1.165, 1.54) is 4.31 Å². The number of carbonyl (C=O) groups excluding carboxylic acids is 2. The van der Waals surface area contributed by atoms with Gasteiger partial charge in [0.2, 0.25) is 5.91 Å². The van der Waals surface area contributed by atoms with Gasteiger partial charge < -0.3 is 24.8 Å². The van der Waals surface area contributed by atoms with Crippen LogP contribution in [0.25, 0.3) is 0 Å². The summed E-state index contributed by atoms with van der Waals surface area (Å²) >= 11 is 1.16. The molecule has 12 heteroatoms. The highest BCUT2D eigenvalue weighted by atomic mass is 32.2. The Morgan fingerprint density at radius 1 is 1.13 bits per heavy atom. The Bertz CT molecular complexity index is 1530. The maximum Gasteiger partial charge on any atom is 0.258 e. The van der Waals surface area contributed by atoms with E-state index in [-0.39, 0.29) is 59.7 Å². The Kier molecular flexibility index (Phi) is 12.8. The molecule has 1 aliphatic heterocycles. The zero-order valence-corrected chi connectivity index (χ0v) is 28.6. The van der Waals surface area contributed by atoms with Crippen LogP contribution in [0.1, 0.15) is 56.0 Å². The van der Waals surface area contributed by atoms with Crippen LogP contribution in [0.5, 0.6) is 5.75 Å². The average Bonchev–Trinajstić information content (AvgIpc) is 3.59. The molecule has 10 nitrogen and oxygen atoms in total. The molecule has 1 aromatic heterocycles. The summed E-state index contributed by atoms with van der Waals surface area (Å²) in [5.74, 6) is -0.485. The van der Waals surface area contributed by atoms with Gasteiger partial charge in [0, 0.05) is 38.3 Å². The molecule has 0 aliphatic carbocycles. The second kappa shape index (κ2) is 16.5. The SMILES string of the molecule is C[C@@H]1CN([C@@H](C)CO)C(=O)c2cc(NC(=O)Cc3ccccc3)ccc2O[C@@H](C)CCCCO[C@@H]1CN(C)S(=O)(=O)c1cccs1. The van der Waals surface area contributed by atoms with Crippen molar-refractivity contribution in [2.45, 2.75) is 68.9 Å². The number of anilines is 1. The van der Waals surface area contributed by atoms with Gasteiger partial charge in [0.1, 0.15) is 9.96 Å². The zero-order valence-electron chi connectivity index (χ0n) is 26.9. The van der Waals surface area contributed by atoms with E-state index in [9.17, 15) is 23.1 Å². The lowest BCUT2D eigenvalue weighted by atomic mass is 10.0. The second-order valence-corrected chi connectivity index (χ2v) is 15.2. The number of benzene rings is 2. The van der Waals surface area contributed by atoms with Crippen LogP contribution in [0.4, 0.5) is 5.69 Å². The average molecular weight is 672 g/mol. The number of rotatable bonds is 9. The number of carbonyl (C=O) groups is 2. The van der Waals surface area contributed by atoms with Crippen LogP contribution in [0.3, 0.4) is 0 Å². The Morgan fingerprint density at radius 3 is 2.59 bits per heavy atom. The van der Waals surface area contributed by atoms with Crippen molar-refractivity contribution in [2.75, 3.05) is 38.7 Å². The maximum atomic E-state index is 14.3. The number of aliphatic hydroxyl groups excluding tert-OH is 1. The molecule has 3 aromatic rings. The van der Waals surface area contributed by atoms with Gasteiger partial charge in [-0.15, -0.1) is 11.3 Å². The first-order valence-corrected chi connectivity index (χ1v) is 18.0. The van der Waals surface area contributed by atoms with Gasteiger partial charge in [-0.3, -0.25) is 9.59 Å². The molecular formula is C34H45N3O7S2. The molecule has 2 N–H and O–H groups in total. The summed E-state index contributed by atoms with van der Waals surface area (Å²) in [6, 6.07) is 17.2. The van der Waals surface area contributed by atoms with Gasteiger partial charge in [0.15, 0.2) is 0 Å². The third-order valence-corrected chi connectivity index (χ3v) is 11.3. The molecule has 1 aliphatic rings. The number of nitrogens with one attached hydrogen (secondary N) is 1. The lowest BCUT2D eigenvalue weighted by molar-refractivity contribution is -0.115. The Morgan fingerprint density at radius 2 is 1.89 bits per heavy atom. The summed E-state index contributed by atoms with van der Waals surface area (Å²) < 4.78 is 40.6. The van der Waals surface area contributed by atoms with Crippen molar-refractivity contribution in [1.29, 1.82) is 0 Å². The highest BCUT2D eigenvalue weighted by molar-refractivity contribution is 7.91. The van der Waals surface area contributed by atoms with Gasteiger partial charge in [0.05, 0.1) is 36.8 Å². The number of likely N-dealkylation sites (N-methyl/N-ethyl adjacent to an activating group) is 1. The van der Waals surface area contributed by atoms with Crippen molar-refractivity contribution in [3.05, 3.63) is 77.2 Å². The lowest BCUT2D eigenvalue weighted by Gasteiger charge is -2.35. The highest BCUT2D eigenvalue weighted by Gasteiger charge is 2.32. The molecule has 2 aromatic carbocycles. The molecule has 4 rings (SSSR count). The smallest absolute Gasteiger partial charge is 0.258 e. The predicted molar refractivity (Wildman–Crippen MR) is 180 cm³/mol. The van der Waals surface area contributed by atoms with Crippen molar-refractivity contribution < 1.29 is 32.6 Å².